The molecule has 0 spiro atoms. The van der Waals surface area contributed by atoms with Crippen molar-refractivity contribution in [1.82, 2.24) is 5.32 Å². The Bertz CT molecular complexity index is 1060. The second-order valence-corrected chi connectivity index (χ2v) is 7.81. The number of rotatable bonds is 6. The van der Waals surface area contributed by atoms with Gasteiger partial charge < -0.3 is 9.47 Å². The lowest BCUT2D eigenvalue weighted by Gasteiger charge is -2.29. The number of nitrogens with one attached hydrogen (secondary N) is 1. The molecule has 1 aliphatic rings. The highest BCUT2D eigenvalue weighted by atomic mass is 79.9. The lowest BCUT2D eigenvalue weighted by atomic mass is 10.1. The van der Waals surface area contributed by atoms with Crippen LogP contribution in [0, 0.1) is 0 Å². The SMILES string of the molecule is CCOc1cc(C=C2C(=O)NC(=S)N(c3cccc(Cl)c3)C2=O)cc(Br)c1OCC. The molecule has 1 aliphatic heterocycles. The molecule has 2 aromatic rings. The van der Waals surface area contributed by atoms with Crippen LogP contribution in [0.25, 0.3) is 6.08 Å². The normalized spacial score (nSPS) is 15.4. The summed E-state index contributed by atoms with van der Waals surface area (Å²) in [4.78, 5) is 26.9. The van der Waals surface area contributed by atoms with Gasteiger partial charge in [-0.05, 0) is 84.0 Å². The number of carbonyl (C=O) groups is 2. The molecular formula is C21H18BrClN2O4S. The van der Waals surface area contributed by atoms with Crippen molar-refractivity contribution in [1.29, 1.82) is 0 Å². The van der Waals surface area contributed by atoms with E-state index in [9.17, 15) is 9.59 Å². The van der Waals surface area contributed by atoms with E-state index in [1.165, 1.54) is 11.0 Å². The summed E-state index contributed by atoms with van der Waals surface area (Å²) in [5, 5.41) is 2.99. The predicted octanol–water partition coefficient (Wildman–Crippen LogP) is 4.73. The molecule has 1 fully saturated rings. The van der Waals surface area contributed by atoms with Crippen LogP contribution < -0.4 is 19.7 Å². The zero-order valence-corrected chi connectivity index (χ0v) is 19.4. The van der Waals surface area contributed by atoms with Crippen molar-refractivity contribution in [3.63, 3.8) is 0 Å². The first kappa shape index (κ1) is 22.3. The number of ether oxygens (including phenoxy) is 2. The van der Waals surface area contributed by atoms with Crippen molar-refractivity contribution in [2.45, 2.75) is 13.8 Å². The van der Waals surface area contributed by atoms with Gasteiger partial charge in [-0.15, -0.1) is 0 Å². The van der Waals surface area contributed by atoms with Gasteiger partial charge in [0.1, 0.15) is 5.57 Å². The molecule has 0 atom stereocenters. The zero-order valence-electron chi connectivity index (χ0n) is 16.2. The molecule has 0 bridgehead atoms. The van der Waals surface area contributed by atoms with E-state index >= 15 is 0 Å². The topological polar surface area (TPSA) is 67.9 Å². The second-order valence-electron chi connectivity index (χ2n) is 6.13. The maximum absolute atomic E-state index is 13.1. The molecule has 1 heterocycles. The van der Waals surface area contributed by atoms with E-state index in [0.29, 0.717) is 45.5 Å². The number of carbonyl (C=O) groups excluding carboxylic acids is 2. The number of amides is 2. The van der Waals surface area contributed by atoms with Crippen LogP contribution in [0.3, 0.4) is 0 Å². The molecule has 2 aromatic carbocycles. The smallest absolute Gasteiger partial charge is 0.270 e. The fourth-order valence-electron chi connectivity index (χ4n) is 2.89. The van der Waals surface area contributed by atoms with Crippen LogP contribution >= 0.6 is 39.7 Å². The van der Waals surface area contributed by atoms with E-state index in [0.717, 1.165) is 0 Å². The molecule has 0 radical (unpaired) electrons. The van der Waals surface area contributed by atoms with Gasteiger partial charge in [-0.3, -0.25) is 19.8 Å². The number of nitrogens with zero attached hydrogens (tertiary/aromatic N) is 1. The van der Waals surface area contributed by atoms with Gasteiger partial charge in [-0.25, -0.2) is 0 Å². The van der Waals surface area contributed by atoms with Crippen LogP contribution in [0.2, 0.25) is 5.02 Å². The van der Waals surface area contributed by atoms with Crippen molar-refractivity contribution in [3.8, 4) is 11.5 Å². The van der Waals surface area contributed by atoms with Gasteiger partial charge in [0, 0.05) is 5.02 Å². The van der Waals surface area contributed by atoms with Crippen molar-refractivity contribution in [2.75, 3.05) is 18.1 Å². The number of halogens is 2. The van der Waals surface area contributed by atoms with Gasteiger partial charge in [-0.2, -0.15) is 0 Å². The van der Waals surface area contributed by atoms with E-state index in [1.807, 2.05) is 13.8 Å². The molecule has 0 saturated carbocycles. The van der Waals surface area contributed by atoms with Crippen LogP contribution in [0.15, 0.2) is 46.4 Å². The van der Waals surface area contributed by atoms with Gasteiger partial charge >= 0.3 is 0 Å². The summed E-state index contributed by atoms with van der Waals surface area (Å²) in [5.74, 6) is -0.0608. The summed E-state index contributed by atoms with van der Waals surface area (Å²) in [5.41, 5.74) is 0.986. The van der Waals surface area contributed by atoms with E-state index in [2.05, 4.69) is 21.2 Å². The van der Waals surface area contributed by atoms with Gasteiger partial charge in [0.2, 0.25) is 0 Å². The Kier molecular flexibility index (Phi) is 7.12. The van der Waals surface area contributed by atoms with E-state index in [4.69, 9.17) is 33.3 Å². The highest BCUT2D eigenvalue weighted by Crippen LogP contribution is 2.38. The minimum atomic E-state index is -0.578. The third-order valence-corrected chi connectivity index (χ3v) is 5.21. The number of hydrogen-bond donors (Lipinski definition) is 1. The molecule has 1 saturated heterocycles. The fraction of sp³-hybridized carbons (Fsp3) is 0.190. The molecule has 3 rings (SSSR count). The fourth-order valence-corrected chi connectivity index (χ4v) is 3.93. The van der Waals surface area contributed by atoms with Gasteiger partial charge in [-0.1, -0.05) is 17.7 Å². The van der Waals surface area contributed by atoms with Crippen molar-refractivity contribution in [3.05, 3.63) is 57.0 Å². The number of hydrogen-bond acceptors (Lipinski definition) is 5. The largest absolute Gasteiger partial charge is 0.490 e. The molecule has 9 heteroatoms. The number of anilines is 1. The summed E-state index contributed by atoms with van der Waals surface area (Å²) < 4.78 is 11.9. The Labute approximate surface area is 192 Å². The first-order valence-electron chi connectivity index (χ1n) is 9.11. The minimum Gasteiger partial charge on any atom is -0.490 e. The molecule has 30 heavy (non-hydrogen) atoms. The lowest BCUT2D eigenvalue weighted by molar-refractivity contribution is -0.122. The molecule has 156 valence electrons. The van der Waals surface area contributed by atoms with Crippen LogP contribution in [-0.4, -0.2) is 30.1 Å². The van der Waals surface area contributed by atoms with E-state index in [1.54, 1.807) is 36.4 Å². The van der Waals surface area contributed by atoms with Crippen LogP contribution in [0.5, 0.6) is 11.5 Å². The summed E-state index contributed by atoms with van der Waals surface area (Å²) in [6.45, 7) is 4.63. The van der Waals surface area contributed by atoms with Gasteiger partial charge in [0.15, 0.2) is 16.6 Å². The maximum atomic E-state index is 13.1. The molecule has 1 N–H and O–H groups in total. The van der Waals surface area contributed by atoms with Gasteiger partial charge in [0.25, 0.3) is 11.8 Å². The maximum Gasteiger partial charge on any atom is 0.270 e. The lowest BCUT2D eigenvalue weighted by Crippen LogP contribution is -2.54. The van der Waals surface area contributed by atoms with E-state index in [-0.39, 0.29) is 10.7 Å². The zero-order chi connectivity index (χ0) is 21.8. The Morgan fingerprint density at radius 2 is 1.90 bits per heavy atom. The molecule has 6 nitrogen and oxygen atoms in total. The molecule has 0 aromatic heterocycles. The summed E-state index contributed by atoms with van der Waals surface area (Å²) in [6, 6.07) is 10.1. The summed E-state index contributed by atoms with van der Waals surface area (Å²) in [6.07, 6.45) is 1.49. The Morgan fingerprint density at radius 1 is 1.17 bits per heavy atom. The summed E-state index contributed by atoms with van der Waals surface area (Å²) in [7, 11) is 0. The number of thiocarbonyl (C=S) groups is 1. The highest BCUT2D eigenvalue weighted by molar-refractivity contribution is 9.10. The van der Waals surface area contributed by atoms with Crippen molar-refractivity contribution >= 4 is 68.4 Å². The van der Waals surface area contributed by atoms with Crippen LogP contribution in [0.4, 0.5) is 5.69 Å². The Hall–Kier alpha value is -2.42. The molecule has 2 amide bonds. The standard InChI is InChI=1S/C21H18BrClN2O4S/c1-3-28-17-10-12(9-16(22)18(17)29-4-2)8-15-19(26)24-21(30)25(20(15)27)14-7-5-6-13(23)11-14/h5-11H,3-4H2,1-2H3,(H,24,26,30). The van der Waals surface area contributed by atoms with Crippen molar-refractivity contribution in [2.24, 2.45) is 0 Å². The van der Waals surface area contributed by atoms with Crippen molar-refractivity contribution < 1.29 is 19.1 Å². The monoisotopic (exact) mass is 508 g/mol. The first-order chi connectivity index (χ1) is 14.3. The van der Waals surface area contributed by atoms with Crippen LogP contribution in [0.1, 0.15) is 19.4 Å². The number of benzene rings is 2. The Balaban J connectivity index is 2.04. The quantitative estimate of drug-likeness (QED) is 0.346. The minimum absolute atomic E-state index is 0.00713. The Morgan fingerprint density at radius 3 is 2.57 bits per heavy atom. The average Bonchev–Trinajstić information content (AvgIpc) is 2.68. The first-order valence-corrected chi connectivity index (χ1v) is 10.7. The molecule has 0 aliphatic carbocycles. The highest BCUT2D eigenvalue weighted by Gasteiger charge is 2.34. The third-order valence-electron chi connectivity index (χ3n) is 4.10. The summed E-state index contributed by atoms with van der Waals surface area (Å²) >= 11 is 14.7. The third kappa shape index (κ3) is 4.66. The van der Waals surface area contributed by atoms with E-state index < -0.39 is 11.8 Å². The average molecular weight is 510 g/mol. The molecule has 0 unspecified atom stereocenters. The molecular weight excluding hydrogens is 492 g/mol. The second kappa shape index (κ2) is 9.59. The predicted molar refractivity (Wildman–Crippen MR) is 124 cm³/mol. The van der Waals surface area contributed by atoms with Crippen LogP contribution in [-0.2, 0) is 9.59 Å². The van der Waals surface area contributed by atoms with Gasteiger partial charge in [0.05, 0.1) is 23.4 Å².